The molecule has 0 saturated carbocycles. The van der Waals surface area contributed by atoms with Gasteiger partial charge in [0.1, 0.15) is 5.82 Å². The van der Waals surface area contributed by atoms with E-state index in [1.54, 1.807) is 0 Å². The fourth-order valence-corrected chi connectivity index (χ4v) is 2.53. The van der Waals surface area contributed by atoms with Gasteiger partial charge >= 0.3 is 0 Å². The van der Waals surface area contributed by atoms with Gasteiger partial charge in [0.05, 0.1) is 0 Å². The third-order valence-corrected chi connectivity index (χ3v) is 3.63. The van der Waals surface area contributed by atoms with Crippen molar-refractivity contribution in [3.8, 4) is 0 Å². The molecule has 1 aliphatic heterocycles. The standard InChI is InChI=1S/C12H11BrN4O/c13-7-3-1-6(2-4-7)8-5-9(18)15-12-10(8)11(14)16-17-12/h1-4,8H,5H2,(H4,14,15,16,17,18). The summed E-state index contributed by atoms with van der Waals surface area (Å²) in [4.78, 5) is 11.7. The summed E-state index contributed by atoms with van der Waals surface area (Å²) in [5.41, 5.74) is 7.82. The summed E-state index contributed by atoms with van der Waals surface area (Å²) in [6.45, 7) is 0. The predicted molar refractivity (Wildman–Crippen MR) is 72.2 cm³/mol. The first-order valence-corrected chi connectivity index (χ1v) is 6.33. The summed E-state index contributed by atoms with van der Waals surface area (Å²) in [5, 5.41) is 9.44. The molecule has 1 atom stereocenters. The van der Waals surface area contributed by atoms with Gasteiger partial charge in [0.2, 0.25) is 5.91 Å². The van der Waals surface area contributed by atoms with Crippen LogP contribution in [-0.4, -0.2) is 16.1 Å². The molecule has 1 amide bonds. The van der Waals surface area contributed by atoms with Crippen molar-refractivity contribution in [3.05, 3.63) is 39.9 Å². The lowest BCUT2D eigenvalue weighted by molar-refractivity contribution is -0.116. The molecule has 1 aliphatic rings. The summed E-state index contributed by atoms with van der Waals surface area (Å²) in [7, 11) is 0. The highest BCUT2D eigenvalue weighted by molar-refractivity contribution is 9.10. The first kappa shape index (κ1) is 11.3. The van der Waals surface area contributed by atoms with Crippen molar-refractivity contribution in [2.75, 3.05) is 11.1 Å². The number of aromatic nitrogens is 2. The molecule has 2 aromatic rings. The van der Waals surface area contributed by atoms with Crippen LogP contribution in [0.4, 0.5) is 11.6 Å². The van der Waals surface area contributed by atoms with Crippen LogP contribution in [0.1, 0.15) is 23.5 Å². The molecule has 1 unspecified atom stereocenters. The van der Waals surface area contributed by atoms with Crippen LogP contribution in [-0.2, 0) is 4.79 Å². The number of carbonyl (C=O) groups is 1. The largest absolute Gasteiger partial charge is 0.384 e. The van der Waals surface area contributed by atoms with Crippen molar-refractivity contribution in [1.29, 1.82) is 0 Å². The molecule has 1 aromatic carbocycles. The maximum absolute atomic E-state index is 11.7. The van der Waals surface area contributed by atoms with Crippen LogP contribution in [0.3, 0.4) is 0 Å². The summed E-state index contributed by atoms with van der Waals surface area (Å²) in [5.74, 6) is 0.970. The van der Waals surface area contributed by atoms with Crippen LogP contribution in [0, 0.1) is 0 Å². The van der Waals surface area contributed by atoms with Crippen LogP contribution >= 0.6 is 15.9 Å². The molecule has 2 heterocycles. The Hall–Kier alpha value is -1.82. The van der Waals surface area contributed by atoms with E-state index in [2.05, 4.69) is 31.4 Å². The molecule has 4 N–H and O–H groups in total. The van der Waals surface area contributed by atoms with Crippen LogP contribution in [0.2, 0.25) is 0 Å². The Morgan fingerprint density at radius 2 is 2.06 bits per heavy atom. The van der Waals surface area contributed by atoms with E-state index >= 15 is 0 Å². The number of rotatable bonds is 1. The highest BCUT2D eigenvalue weighted by Gasteiger charge is 2.30. The fraction of sp³-hybridized carbons (Fsp3) is 0.167. The van der Waals surface area contributed by atoms with Gasteiger partial charge in [-0.3, -0.25) is 9.89 Å². The Morgan fingerprint density at radius 3 is 2.78 bits per heavy atom. The first-order valence-electron chi connectivity index (χ1n) is 5.54. The second-order valence-corrected chi connectivity index (χ2v) is 5.17. The molecule has 0 radical (unpaired) electrons. The Kier molecular flexibility index (Phi) is 2.59. The molecule has 0 fully saturated rings. The number of amides is 1. The van der Waals surface area contributed by atoms with Gasteiger partial charge in [-0.25, -0.2) is 0 Å². The first-order chi connectivity index (χ1) is 8.65. The number of H-pyrrole nitrogens is 1. The van der Waals surface area contributed by atoms with E-state index in [1.807, 2.05) is 24.3 Å². The molecule has 6 heteroatoms. The zero-order valence-electron chi connectivity index (χ0n) is 9.40. The molecule has 5 nitrogen and oxygen atoms in total. The molecule has 18 heavy (non-hydrogen) atoms. The van der Waals surface area contributed by atoms with E-state index in [0.29, 0.717) is 18.1 Å². The lowest BCUT2D eigenvalue weighted by Crippen LogP contribution is -2.23. The lowest BCUT2D eigenvalue weighted by Gasteiger charge is -2.22. The third kappa shape index (κ3) is 1.78. The number of carbonyl (C=O) groups excluding carboxylic acids is 1. The Morgan fingerprint density at radius 1 is 1.33 bits per heavy atom. The van der Waals surface area contributed by atoms with E-state index in [0.717, 1.165) is 15.6 Å². The zero-order valence-corrected chi connectivity index (χ0v) is 11.0. The molecule has 92 valence electrons. The monoisotopic (exact) mass is 306 g/mol. The van der Waals surface area contributed by atoms with Crippen LogP contribution in [0.5, 0.6) is 0 Å². The zero-order chi connectivity index (χ0) is 12.7. The molecule has 3 rings (SSSR count). The number of anilines is 2. The molecule has 1 aromatic heterocycles. The van der Waals surface area contributed by atoms with E-state index < -0.39 is 0 Å². The van der Waals surface area contributed by atoms with Gasteiger partial charge in [-0.15, -0.1) is 0 Å². The van der Waals surface area contributed by atoms with E-state index in [-0.39, 0.29) is 11.8 Å². The van der Waals surface area contributed by atoms with Gasteiger partial charge in [-0.05, 0) is 17.7 Å². The van der Waals surface area contributed by atoms with E-state index in [4.69, 9.17) is 5.73 Å². The SMILES string of the molecule is Nc1[nH]nc2c1C(c1ccc(Br)cc1)CC(=O)N2. The molecule has 0 aliphatic carbocycles. The topological polar surface area (TPSA) is 83.8 Å². The average Bonchev–Trinajstić information content (AvgIpc) is 2.71. The second kappa shape index (κ2) is 4.13. The minimum absolute atomic E-state index is 0.0399. The number of benzene rings is 1. The predicted octanol–water partition coefficient (Wildman–Crippen LogP) is 2.23. The van der Waals surface area contributed by atoms with Crippen molar-refractivity contribution in [2.45, 2.75) is 12.3 Å². The summed E-state index contributed by atoms with van der Waals surface area (Å²) >= 11 is 3.40. The molecular formula is C12H11BrN4O. The molecule has 0 spiro atoms. The average molecular weight is 307 g/mol. The number of fused-ring (bicyclic) bond motifs is 1. The number of nitrogen functional groups attached to an aromatic ring is 1. The maximum atomic E-state index is 11.7. The van der Waals surface area contributed by atoms with Gasteiger partial charge in [0.15, 0.2) is 5.82 Å². The van der Waals surface area contributed by atoms with Crippen LogP contribution < -0.4 is 11.1 Å². The summed E-state index contributed by atoms with van der Waals surface area (Å²) in [6, 6.07) is 7.89. The highest BCUT2D eigenvalue weighted by Crippen LogP contribution is 2.39. The van der Waals surface area contributed by atoms with Gasteiger partial charge in [-0.1, -0.05) is 28.1 Å². The number of nitrogens with two attached hydrogens (primary N) is 1. The number of nitrogens with zero attached hydrogens (tertiary/aromatic N) is 1. The van der Waals surface area contributed by atoms with Crippen molar-refractivity contribution in [2.24, 2.45) is 0 Å². The molecular weight excluding hydrogens is 296 g/mol. The van der Waals surface area contributed by atoms with Crippen LogP contribution in [0.25, 0.3) is 0 Å². The van der Waals surface area contributed by atoms with E-state index in [9.17, 15) is 4.79 Å². The van der Waals surface area contributed by atoms with Crippen LogP contribution in [0.15, 0.2) is 28.7 Å². The quantitative estimate of drug-likeness (QED) is 0.755. The normalized spacial score (nSPS) is 18.3. The van der Waals surface area contributed by atoms with Crippen molar-refractivity contribution in [1.82, 2.24) is 10.2 Å². The Labute approximate surface area is 112 Å². The lowest BCUT2D eigenvalue weighted by atomic mass is 9.87. The smallest absolute Gasteiger partial charge is 0.226 e. The van der Waals surface area contributed by atoms with Gasteiger partial charge in [-0.2, -0.15) is 5.10 Å². The van der Waals surface area contributed by atoms with Crippen molar-refractivity contribution < 1.29 is 4.79 Å². The molecule has 0 bridgehead atoms. The number of hydrogen-bond donors (Lipinski definition) is 3. The van der Waals surface area contributed by atoms with E-state index in [1.165, 1.54) is 0 Å². The summed E-state index contributed by atoms with van der Waals surface area (Å²) < 4.78 is 1.01. The minimum Gasteiger partial charge on any atom is -0.384 e. The fourth-order valence-electron chi connectivity index (χ4n) is 2.26. The second-order valence-electron chi connectivity index (χ2n) is 4.26. The number of halogens is 1. The van der Waals surface area contributed by atoms with Gasteiger partial charge in [0.25, 0.3) is 0 Å². The Balaban J connectivity index is 2.09. The summed E-state index contributed by atoms with van der Waals surface area (Å²) in [6.07, 6.45) is 0.387. The number of nitrogens with one attached hydrogen (secondary N) is 2. The highest BCUT2D eigenvalue weighted by atomic mass is 79.9. The van der Waals surface area contributed by atoms with Gasteiger partial charge in [0, 0.05) is 22.4 Å². The Bertz CT molecular complexity index is 605. The number of hydrogen-bond acceptors (Lipinski definition) is 3. The maximum Gasteiger partial charge on any atom is 0.226 e. The molecule has 0 saturated heterocycles. The third-order valence-electron chi connectivity index (χ3n) is 3.10. The number of aromatic amines is 1. The van der Waals surface area contributed by atoms with Crippen molar-refractivity contribution >= 4 is 33.5 Å². The van der Waals surface area contributed by atoms with Crippen molar-refractivity contribution in [3.63, 3.8) is 0 Å². The minimum atomic E-state index is -0.0411. The van der Waals surface area contributed by atoms with Gasteiger partial charge < -0.3 is 11.1 Å².